The molecule has 1 saturated heterocycles. The molecule has 1 atom stereocenters. The van der Waals surface area contributed by atoms with Crippen LogP contribution in [0.25, 0.3) is 5.76 Å². The van der Waals surface area contributed by atoms with Gasteiger partial charge >= 0.3 is 0 Å². The van der Waals surface area contributed by atoms with Gasteiger partial charge in [0.15, 0.2) is 11.5 Å². The van der Waals surface area contributed by atoms with Crippen LogP contribution in [0.5, 0.6) is 17.2 Å². The third-order valence-corrected chi connectivity index (χ3v) is 6.87. The number of Topliss-reactive ketones (excluding diaryl/α,β-unsaturated/α-hetero) is 1. The molecule has 3 aromatic carbocycles. The Labute approximate surface area is 234 Å². The van der Waals surface area contributed by atoms with Crippen LogP contribution in [0.2, 0.25) is 0 Å². The number of rotatable bonds is 12. The van der Waals surface area contributed by atoms with Crippen molar-refractivity contribution in [2.24, 2.45) is 0 Å². The smallest absolute Gasteiger partial charge is 0.295 e. The van der Waals surface area contributed by atoms with Gasteiger partial charge in [0, 0.05) is 25.8 Å². The first-order chi connectivity index (χ1) is 19.4. The standard InChI is InChI=1S/C32H35NO7/c1-5-39-26-16-13-23(19-27(26)38-4)29-28(31(35)32(36)33(29)17-8-18-37-3)30(34)22-11-14-25(15-12-22)40-20-24-10-7-6-9-21(24)2/h6-7,9-16,19,29,34H,5,8,17-18,20H2,1-4H3/b30-28+. The Balaban J connectivity index is 1.68. The Morgan fingerprint density at radius 3 is 2.38 bits per heavy atom. The second kappa shape index (κ2) is 13.2. The van der Waals surface area contributed by atoms with Crippen LogP contribution in [0.15, 0.2) is 72.3 Å². The van der Waals surface area contributed by atoms with Gasteiger partial charge in [-0.1, -0.05) is 30.3 Å². The number of aliphatic hydroxyl groups excluding tert-OH is 1. The zero-order chi connectivity index (χ0) is 28.6. The minimum Gasteiger partial charge on any atom is -0.507 e. The van der Waals surface area contributed by atoms with Gasteiger partial charge in [0.25, 0.3) is 11.7 Å². The van der Waals surface area contributed by atoms with Crippen LogP contribution in [0.3, 0.4) is 0 Å². The van der Waals surface area contributed by atoms with Crippen molar-refractivity contribution >= 4 is 17.4 Å². The van der Waals surface area contributed by atoms with E-state index in [1.54, 1.807) is 49.6 Å². The van der Waals surface area contributed by atoms with Gasteiger partial charge in [0.2, 0.25) is 0 Å². The quantitative estimate of drug-likeness (QED) is 0.140. The molecule has 1 aliphatic rings. The van der Waals surface area contributed by atoms with E-state index in [4.69, 9.17) is 18.9 Å². The highest BCUT2D eigenvalue weighted by molar-refractivity contribution is 6.46. The number of hydrogen-bond donors (Lipinski definition) is 1. The average Bonchev–Trinajstić information content (AvgIpc) is 3.22. The molecule has 1 aliphatic heterocycles. The molecule has 0 saturated carbocycles. The molecule has 40 heavy (non-hydrogen) atoms. The van der Waals surface area contributed by atoms with Gasteiger partial charge in [-0.25, -0.2) is 0 Å². The maximum atomic E-state index is 13.3. The van der Waals surface area contributed by atoms with Crippen molar-refractivity contribution in [3.8, 4) is 17.2 Å². The van der Waals surface area contributed by atoms with Crippen molar-refractivity contribution in [3.63, 3.8) is 0 Å². The molecular formula is C32H35NO7. The van der Waals surface area contributed by atoms with Crippen molar-refractivity contribution in [3.05, 3.63) is 94.6 Å². The Morgan fingerprint density at radius 1 is 0.950 bits per heavy atom. The van der Waals surface area contributed by atoms with E-state index in [9.17, 15) is 14.7 Å². The van der Waals surface area contributed by atoms with E-state index in [1.165, 1.54) is 12.0 Å². The predicted molar refractivity (Wildman–Crippen MR) is 152 cm³/mol. The summed E-state index contributed by atoms with van der Waals surface area (Å²) >= 11 is 0. The molecule has 1 heterocycles. The lowest BCUT2D eigenvalue weighted by molar-refractivity contribution is -0.140. The summed E-state index contributed by atoms with van der Waals surface area (Å²) in [4.78, 5) is 28.0. The van der Waals surface area contributed by atoms with E-state index in [2.05, 4.69) is 0 Å². The van der Waals surface area contributed by atoms with Gasteiger partial charge in [-0.2, -0.15) is 0 Å². The normalized spacial score (nSPS) is 16.3. The summed E-state index contributed by atoms with van der Waals surface area (Å²) in [6, 6.07) is 19.3. The van der Waals surface area contributed by atoms with Gasteiger partial charge < -0.3 is 29.0 Å². The number of likely N-dealkylation sites (tertiary alicyclic amines) is 1. The van der Waals surface area contributed by atoms with E-state index < -0.39 is 17.7 Å². The maximum absolute atomic E-state index is 13.3. The van der Waals surface area contributed by atoms with E-state index in [-0.39, 0.29) is 17.9 Å². The molecule has 0 aromatic heterocycles. The number of aliphatic hydroxyl groups is 1. The first kappa shape index (κ1) is 28.7. The number of nitrogens with zero attached hydrogens (tertiary/aromatic N) is 1. The average molecular weight is 546 g/mol. The second-order valence-electron chi connectivity index (χ2n) is 9.42. The molecule has 1 N–H and O–H groups in total. The summed E-state index contributed by atoms with van der Waals surface area (Å²) in [7, 11) is 3.11. The van der Waals surface area contributed by atoms with Crippen molar-refractivity contribution < 1.29 is 33.6 Å². The van der Waals surface area contributed by atoms with Crippen molar-refractivity contribution in [2.75, 3.05) is 34.0 Å². The van der Waals surface area contributed by atoms with Crippen molar-refractivity contribution in [1.29, 1.82) is 0 Å². The molecule has 1 fully saturated rings. The SMILES string of the molecule is CCOc1ccc(C2/C(=C(\O)c3ccc(OCc4ccccc4C)cc3)C(=O)C(=O)N2CCCOC)cc1OC. The molecular weight excluding hydrogens is 510 g/mol. The molecule has 0 spiro atoms. The summed E-state index contributed by atoms with van der Waals surface area (Å²) < 4.78 is 22.2. The fraction of sp³-hybridized carbons (Fsp3) is 0.312. The van der Waals surface area contributed by atoms with Crippen LogP contribution in [-0.2, 0) is 20.9 Å². The molecule has 210 valence electrons. The van der Waals surface area contributed by atoms with Crippen LogP contribution < -0.4 is 14.2 Å². The number of amides is 1. The molecule has 1 amide bonds. The summed E-state index contributed by atoms with van der Waals surface area (Å²) in [5.41, 5.74) is 3.26. The van der Waals surface area contributed by atoms with Gasteiger partial charge in [0.05, 0.1) is 25.3 Å². The second-order valence-corrected chi connectivity index (χ2v) is 9.42. The number of ether oxygens (including phenoxy) is 4. The summed E-state index contributed by atoms with van der Waals surface area (Å²) in [6.07, 6.45) is 0.529. The van der Waals surface area contributed by atoms with Crippen molar-refractivity contribution in [2.45, 2.75) is 32.9 Å². The number of ketones is 1. The highest BCUT2D eigenvalue weighted by Gasteiger charge is 2.46. The molecule has 0 radical (unpaired) electrons. The van der Waals surface area contributed by atoms with E-state index >= 15 is 0 Å². The maximum Gasteiger partial charge on any atom is 0.295 e. The summed E-state index contributed by atoms with van der Waals surface area (Å²) in [6.45, 7) is 5.46. The number of methoxy groups -OCH3 is 2. The fourth-order valence-electron chi connectivity index (χ4n) is 4.76. The number of carbonyl (C=O) groups is 2. The van der Waals surface area contributed by atoms with Gasteiger partial charge in [-0.3, -0.25) is 9.59 Å². The third-order valence-electron chi connectivity index (χ3n) is 6.87. The molecule has 0 bridgehead atoms. The van der Waals surface area contributed by atoms with Crippen LogP contribution in [0, 0.1) is 6.92 Å². The van der Waals surface area contributed by atoms with E-state index in [0.717, 1.165) is 11.1 Å². The number of carbonyl (C=O) groups excluding carboxylic acids is 2. The van der Waals surface area contributed by atoms with Gasteiger partial charge in [-0.05, 0) is 73.4 Å². The molecule has 3 aromatic rings. The van der Waals surface area contributed by atoms with E-state index in [1.807, 2.05) is 38.1 Å². The van der Waals surface area contributed by atoms with Crippen molar-refractivity contribution in [1.82, 2.24) is 4.90 Å². The molecule has 8 heteroatoms. The van der Waals surface area contributed by atoms with Crippen LogP contribution >= 0.6 is 0 Å². The highest BCUT2D eigenvalue weighted by Crippen LogP contribution is 2.42. The monoisotopic (exact) mass is 545 g/mol. The first-order valence-electron chi connectivity index (χ1n) is 13.2. The number of benzene rings is 3. The number of aryl methyl sites for hydroxylation is 1. The molecule has 0 aliphatic carbocycles. The fourth-order valence-corrected chi connectivity index (χ4v) is 4.76. The Morgan fingerprint density at radius 2 is 1.70 bits per heavy atom. The lowest BCUT2D eigenvalue weighted by Gasteiger charge is -2.26. The molecule has 8 nitrogen and oxygen atoms in total. The van der Waals surface area contributed by atoms with Gasteiger partial charge in [0.1, 0.15) is 18.1 Å². The Hall–Kier alpha value is -4.30. The summed E-state index contributed by atoms with van der Waals surface area (Å²) in [5, 5.41) is 11.4. The molecule has 1 unspecified atom stereocenters. The minimum absolute atomic E-state index is 0.0159. The highest BCUT2D eigenvalue weighted by atomic mass is 16.5. The lowest BCUT2D eigenvalue weighted by atomic mass is 9.95. The largest absolute Gasteiger partial charge is 0.507 e. The Kier molecular flexibility index (Phi) is 9.45. The number of hydrogen-bond acceptors (Lipinski definition) is 7. The summed E-state index contributed by atoms with van der Waals surface area (Å²) in [5.74, 6) is -0.0341. The lowest BCUT2D eigenvalue weighted by Crippen LogP contribution is -2.31. The zero-order valence-electron chi connectivity index (χ0n) is 23.3. The minimum atomic E-state index is -0.807. The molecule has 4 rings (SSSR count). The van der Waals surface area contributed by atoms with E-state index in [0.29, 0.717) is 54.6 Å². The zero-order valence-corrected chi connectivity index (χ0v) is 23.3. The van der Waals surface area contributed by atoms with Crippen LogP contribution in [0.4, 0.5) is 0 Å². The first-order valence-corrected chi connectivity index (χ1v) is 13.2. The Bertz CT molecular complexity index is 1380. The van der Waals surface area contributed by atoms with Gasteiger partial charge in [-0.15, -0.1) is 0 Å². The predicted octanol–water partition coefficient (Wildman–Crippen LogP) is 5.44. The third kappa shape index (κ3) is 6.13. The van der Waals surface area contributed by atoms with Crippen LogP contribution in [0.1, 0.15) is 41.6 Å². The topological polar surface area (TPSA) is 94.5 Å². The van der Waals surface area contributed by atoms with Crippen LogP contribution in [-0.4, -0.2) is 55.7 Å².